The van der Waals surface area contributed by atoms with Gasteiger partial charge in [-0.05, 0) is 36.1 Å². The zero-order valence-corrected chi connectivity index (χ0v) is 20.3. The predicted molar refractivity (Wildman–Crippen MR) is 142 cm³/mol. The standard InChI is InChI=1S/C28H30N4O5/c1-19(33)18-24(29)30-16-8-15-23(28(36)37)31-26(34)22-14-9-17-32(27(22)35)25(20-10-4-2-5-11-20)21-12-6-3-7-13-21/h2-7,9-14,17,23,25,33H,1,8,15-16,18H2,(H2,29,30)(H,31,34)(H,36,37). The zero-order chi connectivity index (χ0) is 26.8. The molecule has 0 aliphatic rings. The Morgan fingerprint density at radius 3 is 2.11 bits per heavy atom. The van der Waals surface area contributed by atoms with Crippen molar-refractivity contribution in [1.29, 1.82) is 0 Å². The molecular weight excluding hydrogens is 472 g/mol. The van der Waals surface area contributed by atoms with Gasteiger partial charge >= 0.3 is 5.97 Å². The first-order chi connectivity index (χ1) is 17.8. The summed E-state index contributed by atoms with van der Waals surface area (Å²) in [6.07, 6.45) is 2.04. The molecule has 0 saturated carbocycles. The molecule has 5 N–H and O–H groups in total. The monoisotopic (exact) mass is 502 g/mol. The maximum absolute atomic E-state index is 13.5. The van der Waals surface area contributed by atoms with Crippen LogP contribution in [0.4, 0.5) is 0 Å². The normalized spacial score (nSPS) is 12.2. The molecule has 1 unspecified atom stereocenters. The van der Waals surface area contributed by atoms with Crippen molar-refractivity contribution in [2.24, 2.45) is 10.7 Å². The molecule has 1 heterocycles. The van der Waals surface area contributed by atoms with Crippen LogP contribution in [0.1, 0.15) is 46.8 Å². The van der Waals surface area contributed by atoms with E-state index >= 15 is 0 Å². The van der Waals surface area contributed by atoms with Crippen LogP contribution in [0.15, 0.2) is 101 Å². The van der Waals surface area contributed by atoms with E-state index in [4.69, 9.17) is 10.8 Å². The van der Waals surface area contributed by atoms with E-state index in [1.165, 1.54) is 10.6 Å². The molecule has 9 heteroatoms. The first kappa shape index (κ1) is 26.9. The number of nitrogens with two attached hydrogens (primary N) is 1. The Labute approximate surface area is 214 Å². The van der Waals surface area contributed by atoms with Gasteiger partial charge in [0.05, 0.1) is 18.2 Å². The van der Waals surface area contributed by atoms with Gasteiger partial charge in [-0.2, -0.15) is 0 Å². The topological polar surface area (TPSA) is 147 Å². The molecule has 0 bridgehead atoms. The molecule has 192 valence electrons. The van der Waals surface area contributed by atoms with Crippen LogP contribution in [0, 0.1) is 0 Å². The van der Waals surface area contributed by atoms with Gasteiger partial charge in [-0.15, -0.1) is 0 Å². The lowest BCUT2D eigenvalue weighted by Gasteiger charge is -2.22. The number of hydrogen-bond donors (Lipinski definition) is 4. The number of hydrogen-bond acceptors (Lipinski definition) is 5. The maximum Gasteiger partial charge on any atom is 0.326 e. The minimum atomic E-state index is -1.23. The van der Waals surface area contributed by atoms with Crippen molar-refractivity contribution in [3.05, 3.63) is 118 Å². The SMILES string of the molecule is C=C(O)CC(N)=NCCCC(NC(=O)c1cccn(C(c2ccccc2)c2ccccc2)c1=O)C(=O)O. The van der Waals surface area contributed by atoms with Gasteiger partial charge in [0.1, 0.15) is 17.4 Å². The fourth-order valence-electron chi connectivity index (χ4n) is 3.95. The molecule has 0 aliphatic heterocycles. The van der Waals surface area contributed by atoms with Gasteiger partial charge in [0.15, 0.2) is 0 Å². The third-order valence-electron chi connectivity index (χ3n) is 5.68. The Morgan fingerprint density at radius 2 is 1.57 bits per heavy atom. The second-order valence-electron chi connectivity index (χ2n) is 8.48. The number of carboxylic acid groups (broad SMARTS) is 1. The minimum Gasteiger partial charge on any atom is -0.512 e. The number of nitrogens with one attached hydrogen (secondary N) is 1. The molecule has 1 aromatic heterocycles. The van der Waals surface area contributed by atoms with Crippen molar-refractivity contribution in [1.82, 2.24) is 9.88 Å². The predicted octanol–water partition coefficient (Wildman–Crippen LogP) is 3.27. The summed E-state index contributed by atoms with van der Waals surface area (Å²) in [4.78, 5) is 42.3. The Kier molecular flexibility index (Phi) is 9.37. The lowest BCUT2D eigenvalue weighted by Crippen LogP contribution is -2.43. The number of carbonyl (C=O) groups excluding carboxylic acids is 1. The maximum atomic E-state index is 13.5. The van der Waals surface area contributed by atoms with Crippen LogP contribution < -0.4 is 16.6 Å². The Bertz CT molecular complexity index is 1280. The van der Waals surface area contributed by atoms with Crippen LogP contribution in [-0.4, -0.2) is 45.1 Å². The lowest BCUT2D eigenvalue weighted by atomic mass is 9.98. The van der Waals surface area contributed by atoms with Crippen molar-refractivity contribution >= 4 is 17.7 Å². The van der Waals surface area contributed by atoms with Crippen LogP contribution >= 0.6 is 0 Å². The van der Waals surface area contributed by atoms with Crippen molar-refractivity contribution < 1.29 is 19.8 Å². The molecule has 9 nitrogen and oxygen atoms in total. The van der Waals surface area contributed by atoms with Crippen molar-refractivity contribution in [2.45, 2.75) is 31.3 Å². The Hall–Kier alpha value is -4.66. The van der Waals surface area contributed by atoms with Gasteiger partial charge < -0.3 is 25.8 Å². The fourth-order valence-corrected chi connectivity index (χ4v) is 3.95. The largest absolute Gasteiger partial charge is 0.512 e. The van der Waals surface area contributed by atoms with Gasteiger partial charge in [0.2, 0.25) is 0 Å². The van der Waals surface area contributed by atoms with Crippen LogP contribution in [0.5, 0.6) is 0 Å². The summed E-state index contributed by atoms with van der Waals surface area (Å²) in [5.74, 6) is -1.94. The van der Waals surface area contributed by atoms with Crippen LogP contribution in [0.3, 0.4) is 0 Å². The van der Waals surface area contributed by atoms with E-state index in [1.54, 1.807) is 12.3 Å². The number of aromatic nitrogens is 1. The zero-order valence-electron chi connectivity index (χ0n) is 20.3. The lowest BCUT2D eigenvalue weighted by molar-refractivity contribution is -0.139. The van der Waals surface area contributed by atoms with Crippen LogP contribution in [-0.2, 0) is 4.79 Å². The summed E-state index contributed by atoms with van der Waals surface area (Å²) in [6.45, 7) is 3.55. The number of rotatable bonds is 12. The van der Waals surface area contributed by atoms with E-state index in [-0.39, 0.29) is 36.5 Å². The second-order valence-corrected chi connectivity index (χ2v) is 8.48. The average molecular weight is 503 g/mol. The average Bonchev–Trinajstić information content (AvgIpc) is 2.87. The molecule has 3 rings (SSSR count). The molecule has 37 heavy (non-hydrogen) atoms. The highest BCUT2D eigenvalue weighted by atomic mass is 16.4. The number of amidine groups is 1. The summed E-state index contributed by atoms with van der Waals surface area (Å²) < 4.78 is 1.47. The highest BCUT2D eigenvalue weighted by Gasteiger charge is 2.24. The number of aliphatic carboxylic acids is 1. The third-order valence-corrected chi connectivity index (χ3v) is 5.68. The number of carboxylic acids is 1. The number of pyridine rings is 1. The smallest absolute Gasteiger partial charge is 0.326 e. The Morgan fingerprint density at radius 1 is 0.973 bits per heavy atom. The first-order valence-electron chi connectivity index (χ1n) is 11.8. The van der Waals surface area contributed by atoms with Crippen molar-refractivity contribution in [3.63, 3.8) is 0 Å². The Balaban J connectivity index is 1.82. The van der Waals surface area contributed by atoms with Gasteiger partial charge in [0.25, 0.3) is 11.5 Å². The molecule has 1 atom stereocenters. The van der Waals surface area contributed by atoms with E-state index in [1.807, 2.05) is 60.7 Å². The summed E-state index contributed by atoms with van der Waals surface area (Å²) in [5.41, 5.74) is 6.68. The fraction of sp³-hybridized carbons (Fsp3) is 0.214. The number of benzene rings is 2. The van der Waals surface area contributed by atoms with E-state index in [0.29, 0.717) is 6.42 Å². The van der Waals surface area contributed by atoms with E-state index in [9.17, 15) is 19.5 Å². The number of aliphatic hydroxyl groups is 1. The van der Waals surface area contributed by atoms with E-state index < -0.39 is 29.5 Å². The molecule has 0 aliphatic carbocycles. The molecule has 1 amide bonds. The van der Waals surface area contributed by atoms with Gasteiger partial charge in [0, 0.05) is 12.7 Å². The molecule has 3 aromatic rings. The van der Waals surface area contributed by atoms with E-state index in [2.05, 4.69) is 16.9 Å². The van der Waals surface area contributed by atoms with Crippen LogP contribution in [0.2, 0.25) is 0 Å². The first-order valence-corrected chi connectivity index (χ1v) is 11.8. The number of carbonyl (C=O) groups is 2. The number of amides is 1. The summed E-state index contributed by atoms with van der Waals surface area (Å²) in [6, 6.07) is 20.2. The molecule has 0 saturated heterocycles. The summed E-state index contributed by atoms with van der Waals surface area (Å²) >= 11 is 0. The molecular formula is C28H30N4O5. The third kappa shape index (κ3) is 7.41. The number of nitrogens with zero attached hydrogens (tertiary/aromatic N) is 2. The van der Waals surface area contributed by atoms with Gasteiger partial charge in [-0.1, -0.05) is 67.2 Å². The van der Waals surface area contributed by atoms with Gasteiger partial charge in [-0.25, -0.2) is 4.79 Å². The molecule has 0 fully saturated rings. The highest BCUT2D eigenvalue weighted by molar-refractivity contribution is 5.96. The number of aliphatic imine (C=N–C) groups is 1. The molecule has 0 radical (unpaired) electrons. The second kappa shape index (κ2) is 12.9. The van der Waals surface area contributed by atoms with Crippen LogP contribution in [0.25, 0.3) is 0 Å². The highest BCUT2D eigenvalue weighted by Crippen LogP contribution is 2.25. The number of aliphatic hydroxyl groups excluding tert-OH is 1. The molecule has 0 spiro atoms. The van der Waals surface area contributed by atoms with Crippen molar-refractivity contribution in [3.8, 4) is 0 Å². The summed E-state index contributed by atoms with van der Waals surface area (Å²) in [5, 5.41) is 21.2. The van der Waals surface area contributed by atoms with E-state index in [0.717, 1.165) is 11.1 Å². The summed E-state index contributed by atoms with van der Waals surface area (Å²) in [7, 11) is 0. The quantitative estimate of drug-likeness (QED) is 0.129. The molecule has 2 aromatic carbocycles. The minimum absolute atomic E-state index is 0.0341. The van der Waals surface area contributed by atoms with Crippen molar-refractivity contribution in [2.75, 3.05) is 6.54 Å². The van der Waals surface area contributed by atoms with Gasteiger partial charge in [-0.3, -0.25) is 14.6 Å².